The van der Waals surface area contributed by atoms with Crippen LogP contribution >= 0.6 is 0 Å². The molecular weight excluding hydrogens is 384 g/mol. The molecule has 0 saturated carbocycles. The number of fused-ring (bicyclic) bond motifs is 1. The maximum Gasteiger partial charge on any atom is 0.268 e. The standard InChI is InChI=1S/C18H26N4O5S/c1-14(13-22-7-11-26-12-8-22)20-17-18(4-9-25-10-5-18)27-16-15(3-2-6-19-16)28(23,24)21-17/h2-3,6,14H,4-5,7-13H2,1H3,(H,20,21)/t14-/m1/s1. The Morgan fingerprint density at radius 3 is 2.71 bits per heavy atom. The van der Waals surface area contributed by atoms with Crippen LogP contribution < -0.4 is 9.46 Å². The van der Waals surface area contributed by atoms with E-state index in [9.17, 15) is 8.42 Å². The second kappa shape index (κ2) is 7.94. The summed E-state index contributed by atoms with van der Waals surface area (Å²) in [6.45, 7) is 6.79. The van der Waals surface area contributed by atoms with Gasteiger partial charge < -0.3 is 14.2 Å². The Balaban J connectivity index is 1.67. The van der Waals surface area contributed by atoms with Crippen molar-refractivity contribution < 1.29 is 22.6 Å². The number of aromatic nitrogens is 1. The Labute approximate surface area is 165 Å². The molecule has 0 bridgehead atoms. The Bertz CT molecular complexity index is 832. The van der Waals surface area contributed by atoms with Gasteiger partial charge in [-0.2, -0.15) is 0 Å². The molecule has 4 rings (SSSR count). The molecule has 1 atom stereocenters. The smallest absolute Gasteiger partial charge is 0.268 e. The van der Waals surface area contributed by atoms with E-state index in [0.29, 0.717) is 45.1 Å². The molecule has 0 aliphatic carbocycles. The van der Waals surface area contributed by atoms with Gasteiger partial charge in [-0.25, -0.2) is 13.4 Å². The van der Waals surface area contributed by atoms with E-state index in [1.807, 2.05) is 6.92 Å². The minimum Gasteiger partial charge on any atom is -0.462 e. The van der Waals surface area contributed by atoms with E-state index >= 15 is 0 Å². The lowest BCUT2D eigenvalue weighted by Crippen LogP contribution is -2.55. The summed E-state index contributed by atoms with van der Waals surface area (Å²) in [5, 5.41) is 0. The fraction of sp³-hybridized carbons (Fsp3) is 0.667. The summed E-state index contributed by atoms with van der Waals surface area (Å²) < 4.78 is 45.7. The van der Waals surface area contributed by atoms with Crippen LogP contribution in [-0.4, -0.2) is 81.8 Å². The molecule has 154 valence electrons. The van der Waals surface area contributed by atoms with Crippen LogP contribution in [0.2, 0.25) is 0 Å². The summed E-state index contributed by atoms with van der Waals surface area (Å²) in [6.07, 6.45) is 2.55. The third kappa shape index (κ3) is 4.00. The van der Waals surface area contributed by atoms with Crippen LogP contribution in [-0.2, 0) is 19.5 Å². The molecule has 2 fully saturated rings. The lowest BCUT2D eigenvalue weighted by atomic mass is 9.92. The van der Waals surface area contributed by atoms with Gasteiger partial charge in [-0.1, -0.05) is 0 Å². The van der Waals surface area contributed by atoms with E-state index < -0.39 is 15.6 Å². The molecule has 10 heteroatoms. The normalized spacial score (nSPS) is 26.7. The molecule has 1 spiro atoms. The van der Waals surface area contributed by atoms with Crippen LogP contribution in [0.15, 0.2) is 28.2 Å². The second-order valence-corrected chi connectivity index (χ2v) is 9.01. The molecule has 28 heavy (non-hydrogen) atoms. The highest BCUT2D eigenvalue weighted by molar-refractivity contribution is 7.90. The van der Waals surface area contributed by atoms with Crippen molar-refractivity contribution in [3.8, 4) is 5.88 Å². The number of nitrogens with zero attached hydrogens (tertiary/aromatic N) is 3. The van der Waals surface area contributed by atoms with E-state index in [-0.39, 0.29) is 16.8 Å². The molecule has 1 N–H and O–H groups in total. The number of amidine groups is 1. The number of rotatable bonds is 3. The maximum atomic E-state index is 12.9. The van der Waals surface area contributed by atoms with Gasteiger partial charge in [-0.3, -0.25) is 14.6 Å². The maximum absolute atomic E-state index is 12.9. The molecule has 3 aliphatic rings. The molecule has 0 aromatic carbocycles. The molecule has 3 aliphatic heterocycles. The molecule has 0 unspecified atom stereocenters. The first-order valence-corrected chi connectivity index (χ1v) is 11.1. The van der Waals surface area contributed by atoms with Gasteiger partial charge >= 0.3 is 0 Å². The first kappa shape index (κ1) is 19.6. The van der Waals surface area contributed by atoms with Crippen LogP contribution in [0.1, 0.15) is 19.8 Å². The van der Waals surface area contributed by atoms with Gasteiger partial charge in [-0.15, -0.1) is 0 Å². The molecule has 0 radical (unpaired) electrons. The molecule has 1 aromatic rings. The van der Waals surface area contributed by atoms with Gasteiger partial charge in [0.05, 0.1) is 32.5 Å². The number of hydrogen-bond acceptors (Lipinski definition) is 8. The number of ether oxygens (including phenoxy) is 3. The third-order valence-corrected chi connectivity index (χ3v) is 6.61. The number of morpholine rings is 1. The van der Waals surface area contributed by atoms with Crippen molar-refractivity contribution in [2.24, 2.45) is 4.99 Å². The predicted octanol–water partition coefficient (Wildman–Crippen LogP) is 0.421. The van der Waals surface area contributed by atoms with Crippen LogP contribution in [0.5, 0.6) is 5.88 Å². The van der Waals surface area contributed by atoms with Crippen molar-refractivity contribution >= 4 is 15.9 Å². The summed E-state index contributed by atoms with van der Waals surface area (Å²) in [4.78, 5) is 11.3. The Morgan fingerprint density at radius 1 is 1.25 bits per heavy atom. The third-order valence-electron chi connectivity index (χ3n) is 5.26. The fourth-order valence-corrected chi connectivity index (χ4v) is 4.95. The van der Waals surface area contributed by atoms with Crippen molar-refractivity contribution in [1.82, 2.24) is 14.6 Å². The highest BCUT2D eigenvalue weighted by Crippen LogP contribution is 2.34. The summed E-state index contributed by atoms with van der Waals surface area (Å²) in [5.41, 5.74) is -0.885. The van der Waals surface area contributed by atoms with Crippen LogP contribution in [0.3, 0.4) is 0 Å². The van der Waals surface area contributed by atoms with Gasteiger partial charge in [-0.05, 0) is 19.1 Å². The Hall–Kier alpha value is -1.75. The zero-order valence-corrected chi connectivity index (χ0v) is 16.8. The Morgan fingerprint density at radius 2 is 1.96 bits per heavy atom. The monoisotopic (exact) mass is 410 g/mol. The predicted molar refractivity (Wildman–Crippen MR) is 102 cm³/mol. The van der Waals surface area contributed by atoms with Crippen molar-refractivity contribution in [2.45, 2.75) is 36.3 Å². The molecule has 0 amide bonds. The van der Waals surface area contributed by atoms with Crippen LogP contribution in [0, 0.1) is 0 Å². The van der Waals surface area contributed by atoms with E-state index in [2.05, 4.69) is 14.6 Å². The number of hydrogen-bond donors (Lipinski definition) is 1. The second-order valence-electron chi connectivity index (χ2n) is 7.36. The zero-order valence-electron chi connectivity index (χ0n) is 16.0. The summed E-state index contributed by atoms with van der Waals surface area (Å²) in [7, 11) is -3.82. The fourth-order valence-electron chi connectivity index (χ4n) is 3.77. The first-order valence-electron chi connectivity index (χ1n) is 9.61. The van der Waals surface area contributed by atoms with Crippen molar-refractivity contribution in [2.75, 3.05) is 46.1 Å². The number of sulfonamides is 1. The minimum atomic E-state index is -3.82. The van der Waals surface area contributed by atoms with Gasteiger partial charge in [0.15, 0.2) is 11.4 Å². The van der Waals surface area contributed by atoms with Gasteiger partial charge in [0.25, 0.3) is 10.0 Å². The zero-order chi connectivity index (χ0) is 19.6. The summed E-state index contributed by atoms with van der Waals surface area (Å²) in [5.74, 6) is 0.456. The van der Waals surface area contributed by atoms with Crippen LogP contribution in [0.25, 0.3) is 0 Å². The SMILES string of the molecule is C[C@H](CN1CCOCC1)N=C1NS(=O)(=O)c2cccnc2OC12CCOCC2. The number of pyridine rings is 1. The number of nitrogens with one attached hydrogen (secondary N) is 1. The van der Waals surface area contributed by atoms with Gasteiger partial charge in [0, 0.05) is 38.7 Å². The van der Waals surface area contributed by atoms with E-state index in [1.165, 1.54) is 12.3 Å². The van der Waals surface area contributed by atoms with E-state index in [1.54, 1.807) is 6.07 Å². The topological polar surface area (TPSA) is 102 Å². The first-order chi connectivity index (χ1) is 13.5. The van der Waals surface area contributed by atoms with E-state index in [0.717, 1.165) is 19.6 Å². The van der Waals surface area contributed by atoms with Gasteiger partial charge in [0.1, 0.15) is 4.90 Å². The molecule has 4 heterocycles. The molecule has 1 aromatic heterocycles. The quantitative estimate of drug-likeness (QED) is 0.770. The van der Waals surface area contributed by atoms with Crippen molar-refractivity contribution in [1.29, 1.82) is 0 Å². The highest BCUT2D eigenvalue weighted by Gasteiger charge is 2.46. The average Bonchev–Trinajstić information content (AvgIpc) is 2.76. The average molecular weight is 410 g/mol. The van der Waals surface area contributed by atoms with Crippen molar-refractivity contribution in [3.05, 3.63) is 18.3 Å². The largest absolute Gasteiger partial charge is 0.462 e. The van der Waals surface area contributed by atoms with Crippen molar-refractivity contribution in [3.63, 3.8) is 0 Å². The minimum absolute atomic E-state index is 0.0342. The summed E-state index contributed by atoms with van der Waals surface area (Å²) >= 11 is 0. The lowest BCUT2D eigenvalue weighted by molar-refractivity contribution is -0.00981. The van der Waals surface area contributed by atoms with Crippen LogP contribution in [0.4, 0.5) is 0 Å². The molecule has 2 saturated heterocycles. The number of aliphatic imine (C=N–C) groups is 1. The highest BCUT2D eigenvalue weighted by atomic mass is 32.2. The molecule has 9 nitrogen and oxygen atoms in total. The lowest BCUT2D eigenvalue weighted by Gasteiger charge is -2.37. The summed E-state index contributed by atoms with van der Waals surface area (Å²) in [6, 6.07) is 2.98. The van der Waals surface area contributed by atoms with Gasteiger partial charge in [0.2, 0.25) is 5.88 Å². The Kier molecular flexibility index (Phi) is 5.55. The molecular formula is C18H26N4O5S. The van der Waals surface area contributed by atoms with E-state index in [4.69, 9.17) is 19.2 Å².